The van der Waals surface area contributed by atoms with Crippen molar-refractivity contribution < 1.29 is 14.3 Å². The van der Waals surface area contributed by atoms with Crippen molar-refractivity contribution in [2.24, 2.45) is 11.8 Å². The minimum Gasteiger partial charge on any atom is -0.494 e. The number of carbonyl (C=O) groups excluding carboxylic acids is 1. The quantitative estimate of drug-likeness (QED) is 0.175. The maximum atomic E-state index is 12.5. The molecule has 1 aliphatic carbocycles. The fraction of sp³-hybridized carbons (Fsp3) is 0.567. The molecule has 0 aliphatic heterocycles. The van der Waals surface area contributed by atoms with Crippen LogP contribution in [-0.4, -0.2) is 12.6 Å². The normalized spacial score (nSPS) is 18.1. The molecule has 0 amide bonds. The summed E-state index contributed by atoms with van der Waals surface area (Å²) in [5, 5.41) is 0. The molecule has 2 atom stereocenters. The second-order valence-corrected chi connectivity index (χ2v) is 9.60. The number of unbranched alkanes of at least 4 members (excludes halogenated alkanes) is 2. The van der Waals surface area contributed by atoms with Crippen molar-refractivity contribution in [1.82, 2.24) is 0 Å². The molecule has 0 bridgehead atoms. The molecule has 2 aromatic rings. The van der Waals surface area contributed by atoms with E-state index in [-0.39, 0.29) is 5.97 Å². The van der Waals surface area contributed by atoms with Crippen LogP contribution in [0.15, 0.2) is 48.5 Å². The van der Waals surface area contributed by atoms with Crippen molar-refractivity contribution in [3.8, 4) is 11.5 Å². The molecular formula is C30H42O3. The van der Waals surface area contributed by atoms with Gasteiger partial charge in [0, 0.05) is 0 Å². The number of hydrogen-bond acceptors (Lipinski definition) is 3. The van der Waals surface area contributed by atoms with E-state index in [0.717, 1.165) is 37.0 Å². The van der Waals surface area contributed by atoms with Gasteiger partial charge >= 0.3 is 5.97 Å². The molecule has 1 aliphatic rings. The highest BCUT2D eigenvalue weighted by atomic mass is 16.5. The molecule has 33 heavy (non-hydrogen) atoms. The summed E-state index contributed by atoms with van der Waals surface area (Å²) in [4.78, 5) is 12.5. The highest BCUT2D eigenvalue weighted by Crippen LogP contribution is 2.36. The molecular weight excluding hydrogens is 408 g/mol. The molecule has 3 nitrogen and oxygen atoms in total. The van der Waals surface area contributed by atoms with E-state index >= 15 is 0 Å². The first-order valence-electron chi connectivity index (χ1n) is 13.2. The standard InChI is InChI=1S/C30H42O3/c1-3-5-6-11-24-15-19-29(20-16-24)33-30(31)27-17-21-28(22-18-27)32-23-9-14-26-13-8-7-12-25(26)10-4-2/h15-22,25-26H,3-14,23H2,1-2H3. The maximum absolute atomic E-state index is 12.5. The molecule has 0 spiro atoms. The Morgan fingerprint density at radius 1 is 0.788 bits per heavy atom. The van der Waals surface area contributed by atoms with Crippen molar-refractivity contribution in [2.75, 3.05) is 6.61 Å². The second kappa shape index (κ2) is 14.1. The Hall–Kier alpha value is -2.29. The Bertz CT molecular complexity index is 807. The predicted molar refractivity (Wildman–Crippen MR) is 136 cm³/mol. The average molecular weight is 451 g/mol. The molecule has 2 unspecified atom stereocenters. The summed E-state index contributed by atoms with van der Waals surface area (Å²) in [5.74, 6) is 2.87. The molecule has 2 aromatic carbocycles. The van der Waals surface area contributed by atoms with Crippen molar-refractivity contribution >= 4 is 5.97 Å². The summed E-state index contributed by atoms with van der Waals surface area (Å²) in [5.41, 5.74) is 1.83. The molecule has 0 heterocycles. The number of esters is 1. The molecule has 0 N–H and O–H groups in total. The van der Waals surface area contributed by atoms with Gasteiger partial charge in [-0.1, -0.05) is 77.3 Å². The van der Waals surface area contributed by atoms with Crippen molar-refractivity contribution in [3.05, 3.63) is 59.7 Å². The van der Waals surface area contributed by atoms with Crippen LogP contribution < -0.4 is 9.47 Å². The molecule has 3 heteroatoms. The smallest absolute Gasteiger partial charge is 0.343 e. The highest BCUT2D eigenvalue weighted by Gasteiger charge is 2.23. The van der Waals surface area contributed by atoms with Gasteiger partial charge in [0.1, 0.15) is 11.5 Å². The van der Waals surface area contributed by atoms with Gasteiger partial charge in [-0.3, -0.25) is 0 Å². The number of carbonyl (C=O) groups is 1. The molecule has 0 aromatic heterocycles. The monoisotopic (exact) mass is 450 g/mol. The zero-order valence-corrected chi connectivity index (χ0v) is 20.7. The van der Waals surface area contributed by atoms with E-state index in [1.165, 1.54) is 69.8 Å². The van der Waals surface area contributed by atoms with Gasteiger partial charge in [0.25, 0.3) is 0 Å². The number of benzene rings is 2. The lowest BCUT2D eigenvalue weighted by molar-refractivity contribution is 0.0734. The summed E-state index contributed by atoms with van der Waals surface area (Å²) in [6, 6.07) is 15.2. The van der Waals surface area contributed by atoms with Gasteiger partial charge in [-0.15, -0.1) is 0 Å². The first-order valence-corrected chi connectivity index (χ1v) is 13.2. The van der Waals surface area contributed by atoms with E-state index in [2.05, 4.69) is 13.8 Å². The van der Waals surface area contributed by atoms with Crippen LogP contribution in [0.4, 0.5) is 0 Å². The average Bonchev–Trinajstić information content (AvgIpc) is 2.84. The third kappa shape index (κ3) is 8.53. The van der Waals surface area contributed by atoms with Crippen molar-refractivity contribution in [3.63, 3.8) is 0 Å². The van der Waals surface area contributed by atoms with Gasteiger partial charge in [0.05, 0.1) is 12.2 Å². The minimum absolute atomic E-state index is 0.334. The van der Waals surface area contributed by atoms with Gasteiger partial charge in [0.2, 0.25) is 0 Å². The fourth-order valence-corrected chi connectivity index (χ4v) is 5.11. The largest absolute Gasteiger partial charge is 0.494 e. The summed E-state index contributed by atoms with van der Waals surface area (Å²) in [6.45, 7) is 5.25. The van der Waals surface area contributed by atoms with Crippen LogP contribution >= 0.6 is 0 Å². The van der Waals surface area contributed by atoms with Gasteiger partial charge in [-0.05, 0) is 79.5 Å². The lowest BCUT2D eigenvalue weighted by Crippen LogP contribution is -2.20. The molecule has 3 rings (SSSR count). The van der Waals surface area contributed by atoms with Gasteiger partial charge < -0.3 is 9.47 Å². The first-order chi connectivity index (χ1) is 16.2. The van der Waals surface area contributed by atoms with E-state index < -0.39 is 0 Å². The molecule has 0 saturated heterocycles. The van der Waals surface area contributed by atoms with Crippen LogP contribution in [0.1, 0.15) is 100 Å². The SMILES string of the molecule is CCCCCc1ccc(OC(=O)c2ccc(OCCCC3CCCCC3CCC)cc2)cc1. The number of ether oxygens (including phenoxy) is 2. The van der Waals surface area contributed by atoms with Crippen LogP contribution in [0, 0.1) is 11.8 Å². The Labute approximate surface area is 200 Å². The van der Waals surface area contributed by atoms with Crippen LogP contribution in [0.5, 0.6) is 11.5 Å². The van der Waals surface area contributed by atoms with E-state index in [1.54, 1.807) is 12.1 Å². The van der Waals surface area contributed by atoms with Crippen LogP contribution in [0.2, 0.25) is 0 Å². The van der Waals surface area contributed by atoms with Gasteiger partial charge in [-0.2, -0.15) is 0 Å². The van der Waals surface area contributed by atoms with Gasteiger partial charge in [0.15, 0.2) is 0 Å². The van der Waals surface area contributed by atoms with Crippen LogP contribution in [0.25, 0.3) is 0 Å². The number of rotatable bonds is 13. The highest BCUT2D eigenvalue weighted by molar-refractivity contribution is 5.91. The van der Waals surface area contributed by atoms with Crippen LogP contribution in [-0.2, 0) is 6.42 Å². The summed E-state index contributed by atoms with van der Waals surface area (Å²) < 4.78 is 11.5. The minimum atomic E-state index is -0.334. The van der Waals surface area contributed by atoms with Gasteiger partial charge in [-0.25, -0.2) is 4.79 Å². The predicted octanol–water partition coefficient (Wildman–Crippen LogP) is 8.40. The van der Waals surface area contributed by atoms with E-state index in [9.17, 15) is 4.79 Å². The summed E-state index contributed by atoms with van der Waals surface area (Å²) in [7, 11) is 0. The Kier molecular flexibility index (Phi) is 10.8. The third-order valence-corrected chi connectivity index (χ3v) is 7.01. The van der Waals surface area contributed by atoms with Crippen LogP contribution in [0.3, 0.4) is 0 Å². The molecule has 1 saturated carbocycles. The maximum Gasteiger partial charge on any atom is 0.343 e. The van der Waals surface area contributed by atoms with Crippen molar-refractivity contribution in [2.45, 2.75) is 90.9 Å². The number of aryl methyl sites for hydroxylation is 1. The Morgan fingerprint density at radius 2 is 1.45 bits per heavy atom. The topological polar surface area (TPSA) is 35.5 Å². The molecule has 0 radical (unpaired) electrons. The Balaban J connectivity index is 1.39. The lowest BCUT2D eigenvalue weighted by atomic mass is 9.75. The van der Waals surface area contributed by atoms with Crippen molar-refractivity contribution in [1.29, 1.82) is 0 Å². The number of hydrogen-bond donors (Lipinski definition) is 0. The van der Waals surface area contributed by atoms with E-state index in [0.29, 0.717) is 11.3 Å². The molecule has 180 valence electrons. The third-order valence-electron chi connectivity index (χ3n) is 7.01. The summed E-state index contributed by atoms with van der Waals surface area (Å²) in [6.07, 6.45) is 15.4. The van der Waals surface area contributed by atoms with E-state index in [4.69, 9.17) is 9.47 Å². The molecule has 1 fully saturated rings. The zero-order valence-electron chi connectivity index (χ0n) is 20.7. The fourth-order valence-electron chi connectivity index (χ4n) is 5.11. The van der Waals surface area contributed by atoms with E-state index in [1.807, 2.05) is 36.4 Å². The first kappa shape index (κ1) is 25.3. The lowest BCUT2D eigenvalue weighted by Gasteiger charge is -2.31. The second-order valence-electron chi connectivity index (χ2n) is 9.60. The zero-order chi connectivity index (χ0) is 23.3. The Morgan fingerprint density at radius 3 is 2.12 bits per heavy atom. The summed E-state index contributed by atoms with van der Waals surface area (Å²) >= 11 is 0.